The lowest BCUT2D eigenvalue weighted by molar-refractivity contribution is 0.273. The van der Waals surface area contributed by atoms with Crippen LogP contribution in [-0.4, -0.2) is 29.0 Å². The van der Waals surface area contributed by atoms with Crippen molar-refractivity contribution in [2.24, 2.45) is 0 Å². The van der Waals surface area contributed by atoms with Crippen LogP contribution in [0.2, 0.25) is 5.02 Å². The third kappa shape index (κ3) is 3.88. The van der Waals surface area contributed by atoms with Crippen molar-refractivity contribution < 1.29 is 0 Å². The van der Waals surface area contributed by atoms with Gasteiger partial charge in [-0.2, -0.15) is 11.8 Å². The van der Waals surface area contributed by atoms with Gasteiger partial charge in [-0.05, 0) is 24.1 Å². The molecule has 1 aliphatic rings. The lowest BCUT2D eigenvalue weighted by Gasteiger charge is -2.32. The quantitative estimate of drug-likeness (QED) is 0.804. The Morgan fingerprint density at radius 2 is 2.35 bits per heavy atom. The molecule has 0 radical (unpaired) electrons. The van der Waals surface area contributed by atoms with E-state index in [1.807, 2.05) is 6.07 Å². The van der Waals surface area contributed by atoms with Crippen molar-refractivity contribution in [2.45, 2.75) is 25.1 Å². The predicted octanol–water partition coefficient (Wildman–Crippen LogP) is 4.43. The van der Waals surface area contributed by atoms with E-state index < -0.39 is 0 Å². The minimum absolute atomic E-state index is 0.790. The van der Waals surface area contributed by atoms with Gasteiger partial charge in [-0.1, -0.05) is 40.5 Å². The average molecular weight is 335 g/mol. The Balaban J connectivity index is 2.00. The highest BCUT2D eigenvalue weighted by Crippen LogP contribution is 2.26. The molecule has 1 heterocycles. The third-order valence-corrected chi connectivity index (χ3v) is 5.30. The Morgan fingerprint density at radius 1 is 1.53 bits per heavy atom. The maximum absolute atomic E-state index is 6.26. The van der Waals surface area contributed by atoms with Crippen LogP contribution in [0.15, 0.2) is 22.7 Å². The number of hydrogen-bond acceptors (Lipinski definition) is 2. The average Bonchev–Trinajstić information content (AvgIpc) is 2.33. The molecule has 1 nitrogen and oxygen atoms in total. The normalized spacial score (nSPS) is 21.7. The summed E-state index contributed by atoms with van der Waals surface area (Å²) in [7, 11) is 0. The minimum Gasteiger partial charge on any atom is -0.297 e. The molecule has 2 rings (SSSR count). The Kier molecular flexibility index (Phi) is 5.22. The van der Waals surface area contributed by atoms with Crippen molar-refractivity contribution in [3.63, 3.8) is 0 Å². The van der Waals surface area contributed by atoms with E-state index in [4.69, 9.17) is 11.6 Å². The second kappa shape index (κ2) is 6.46. The first kappa shape index (κ1) is 13.7. The molecule has 0 N–H and O–H groups in total. The van der Waals surface area contributed by atoms with Gasteiger partial charge in [0.1, 0.15) is 0 Å². The van der Waals surface area contributed by atoms with E-state index >= 15 is 0 Å². The zero-order valence-electron chi connectivity index (χ0n) is 9.96. The van der Waals surface area contributed by atoms with Crippen molar-refractivity contribution in [3.05, 3.63) is 33.3 Å². The highest BCUT2D eigenvalue weighted by Gasteiger charge is 2.19. The van der Waals surface area contributed by atoms with Crippen molar-refractivity contribution in [1.29, 1.82) is 0 Å². The van der Waals surface area contributed by atoms with Crippen molar-refractivity contribution in [3.8, 4) is 0 Å². The van der Waals surface area contributed by atoms with Crippen LogP contribution in [-0.2, 0) is 6.54 Å². The van der Waals surface area contributed by atoms with E-state index in [1.165, 1.54) is 30.8 Å². The molecule has 0 spiro atoms. The van der Waals surface area contributed by atoms with Gasteiger partial charge in [-0.15, -0.1) is 0 Å². The molecule has 1 aromatic carbocycles. The molecule has 0 amide bonds. The van der Waals surface area contributed by atoms with Gasteiger partial charge in [-0.3, -0.25) is 4.90 Å². The number of nitrogens with zero attached hydrogens (tertiary/aromatic N) is 1. The van der Waals surface area contributed by atoms with E-state index in [0.717, 1.165) is 21.3 Å². The Bertz CT molecular complexity index is 386. The maximum Gasteiger partial charge on any atom is 0.0462 e. The zero-order chi connectivity index (χ0) is 12.3. The molecular weight excluding hydrogens is 318 g/mol. The largest absolute Gasteiger partial charge is 0.297 e. The smallest absolute Gasteiger partial charge is 0.0462 e. The first-order valence-electron chi connectivity index (χ1n) is 5.97. The molecule has 4 heteroatoms. The van der Waals surface area contributed by atoms with Gasteiger partial charge in [0.05, 0.1) is 0 Å². The Labute approximate surface area is 121 Å². The monoisotopic (exact) mass is 333 g/mol. The summed E-state index contributed by atoms with van der Waals surface area (Å²) in [6.45, 7) is 5.61. The van der Waals surface area contributed by atoms with Crippen LogP contribution in [0.25, 0.3) is 0 Å². The van der Waals surface area contributed by atoms with Crippen LogP contribution >= 0.6 is 39.3 Å². The fourth-order valence-corrected chi connectivity index (χ4v) is 4.04. The zero-order valence-corrected chi connectivity index (χ0v) is 13.1. The minimum atomic E-state index is 0.790. The van der Waals surface area contributed by atoms with Crippen LogP contribution in [0.5, 0.6) is 0 Å². The van der Waals surface area contributed by atoms with E-state index in [0.29, 0.717) is 0 Å². The third-order valence-electron chi connectivity index (χ3n) is 3.09. The number of hydrogen-bond donors (Lipinski definition) is 0. The van der Waals surface area contributed by atoms with Crippen LogP contribution in [0.3, 0.4) is 0 Å². The molecular formula is C13H17BrClNS. The van der Waals surface area contributed by atoms with Crippen LogP contribution in [0, 0.1) is 0 Å². The molecule has 1 aromatic rings. The van der Waals surface area contributed by atoms with Crippen LogP contribution in [0.1, 0.15) is 18.9 Å². The second-order valence-electron chi connectivity index (χ2n) is 4.37. The molecule has 1 unspecified atom stereocenters. The molecule has 1 saturated heterocycles. The predicted molar refractivity (Wildman–Crippen MR) is 81.0 cm³/mol. The number of halogens is 2. The maximum atomic E-state index is 6.26. The van der Waals surface area contributed by atoms with E-state index in [9.17, 15) is 0 Å². The van der Waals surface area contributed by atoms with Crippen molar-refractivity contribution >= 4 is 39.3 Å². The highest BCUT2D eigenvalue weighted by atomic mass is 79.9. The summed E-state index contributed by atoms with van der Waals surface area (Å²) < 4.78 is 1.05. The molecule has 0 bridgehead atoms. The van der Waals surface area contributed by atoms with Gasteiger partial charge in [0.15, 0.2) is 0 Å². The topological polar surface area (TPSA) is 3.24 Å². The number of rotatable bonds is 3. The van der Waals surface area contributed by atoms with Gasteiger partial charge in [0, 0.05) is 40.1 Å². The van der Waals surface area contributed by atoms with Crippen molar-refractivity contribution in [2.75, 3.05) is 18.8 Å². The van der Waals surface area contributed by atoms with E-state index in [-0.39, 0.29) is 0 Å². The highest BCUT2D eigenvalue weighted by molar-refractivity contribution is 9.10. The fourth-order valence-electron chi connectivity index (χ4n) is 2.06. The summed E-state index contributed by atoms with van der Waals surface area (Å²) in [5.41, 5.74) is 1.23. The Morgan fingerprint density at radius 3 is 3.06 bits per heavy atom. The number of benzene rings is 1. The molecule has 1 aliphatic heterocycles. The lowest BCUT2D eigenvalue weighted by Crippen LogP contribution is -2.37. The molecule has 0 saturated carbocycles. The van der Waals surface area contributed by atoms with Gasteiger partial charge < -0.3 is 0 Å². The molecule has 0 aliphatic carbocycles. The molecule has 17 heavy (non-hydrogen) atoms. The Hall–Kier alpha value is 0.300. The van der Waals surface area contributed by atoms with Crippen LogP contribution in [0.4, 0.5) is 0 Å². The number of thioether (sulfide) groups is 1. The van der Waals surface area contributed by atoms with E-state index in [2.05, 4.69) is 51.6 Å². The van der Waals surface area contributed by atoms with Crippen LogP contribution < -0.4 is 0 Å². The lowest BCUT2D eigenvalue weighted by atomic mass is 10.2. The van der Waals surface area contributed by atoms with Gasteiger partial charge in [0.25, 0.3) is 0 Å². The van der Waals surface area contributed by atoms with Gasteiger partial charge in [0.2, 0.25) is 0 Å². The first-order valence-corrected chi connectivity index (χ1v) is 8.19. The summed E-state index contributed by atoms with van der Waals surface area (Å²) >= 11 is 11.8. The van der Waals surface area contributed by atoms with Gasteiger partial charge in [-0.25, -0.2) is 0 Å². The standard InChI is InChI=1S/C13H17BrClNS/c1-2-12-9-16(5-6-17-12)8-10-3-4-11(14)7-13(10)15/h3-4,7,12H,2,5-6,8-9H2,1H3. The molecule has 0 aromatic heterocycles. The van der Waals surface area contributed by atoms with E-state index in [1.54, 1.807) is 0 Å². The summed E-state index contributed by atoms with van der Waals surface area (Å²) in [5.74, 6) is 1.24. The molecule has 1 fully saturated rings. The first-order chi connectivity index (χ1) is 8.19. The summed E-state index contributed by atoms with van der Waals surface area (Å²) in [5, 5.41) is 1.66. The summed E-state index contributed by atoms with van der Waals surface area (Å²) in [6.07, 6.45) is 1.26. The SMILES string of the molecule is CCC1CN(Cc2ccc(Br)cc2Cl)CCS1. The van der Waals surface area contributed by atoms with Crippen molar-refractivity contribution in [1.82, 2.24) is 4.90 Å². The summed E-state index contributed by atoms with van der Waals surface area (Å²) in [6, 6.07) is 6.17. The van der Waals surface area contributed by atoms with Gasteiger partial charge >= 0.3 is 0 Å². The molecule has 1 atom stereocenters. The molecule has 94 valence electrons. The summed E-state index contributed by atoms with van der Waals surface area (Å²) in [4.78, 5) is 2.51. The second-order valence-corrected chi connectivity index (χ2v) is 7.10. The fraction of sp³-hybridized carbons (Fsp3) is 0.538.